The molecule has 2 N–H and O–H groups in total. The van der Waals surface area contributed by atoms with E-state index >= 15 is 0 Å². The van der Waals surface area contributed by atoms with Gasteiger partial charge in [0.2, 0.25) is 0 Å². The van der Waals surface area contributed by atoms with Gasteiger partial charge >= 0.3 is 0 Å². The Balaban J connectivity index is 1.86. The molecule has 1 heterocycles. The minimum Gasteiger partial charge on any atom is -0.375 e. The normalized spacial score (nSPS) is 27.6. The van der Waals surface area contributed by atoms with E-state index < -0.39 is 0 Å². The summed E-state index contributed by atoms with van der Waals surface area (Å²) in [6.45, 7) is 5.06. The van der Waals surface area contributed by atoms with E-state index in [9.17, 15) is 0 Å². The first-order valence-corrected chi connectivity index (χ1v) is 6.19. The predicted octanol–water partition coefficient (Wildman–Crippen LogP) is 0.716. The Morgan fingerprint density at radius 1 is 1.65 bits per heavy atom. The number of guanidine groups is 1. The molecular weight excluding hydrogens is 216 g/mol. The van der Waals surface area contributed by atoms with E-state index in [1.165, 1.54) is 0 Å². The van der Waals surface area contributed by atoms with Crippen molar-refractivity contribution in [3.05, 3.63) is 0 Å². The first-order valence-electron chi connectivity index (χ1n) is 6.19. The van der Waals surface area contributed by atoms with Gasteiger partial charge in [-0.25, -0.2) is 0 Å². The summed E-state index contributed by atoms with van der Waals surface area (Å²) in [5.74, 6) is 0.601. The summed E-state index contributed by atoms with van der Waals surface area (Å²) in [5.41, 5.74) is 6.12. The lowest BCUT2D eigenvalue weighted by Gasteiger charge is -2.32. The van der Waals surface area contributed by atoms with Crippen LogP contribution in [0.2, 0.25) is 0 Å². The van der Waals surface area contributed by atoms with E-state index in [4.69, 9.17) is 15.7 Å². The van der Waals surface area contributed by atoms with Gasteiger partial charge in [-0.1, -0.05) is 0 Å². The largest absolute Gasteiger partial charge is 0.375 e. The van der Waals surface area contributed by atoms with Crippen molar-refractivity contribution in [3.63, 3.8) is 0 Å². The third-order valence-corrected chi connectivity index (χ3v) is 3.55. The van der Waals surface area contributed by atoms with E-state index in [1.807, 2.05) is 6.92 Å². The zero-order valence-electron chi connectivity index (χ0n) is 10.4. The number of nitrogens with two attached hydrogens (primary N) is 1. The van der Waals surface area contributed by atoms with Gasteiger partial charge in [0.25, 0.3) is 0 Å². The zero-order valence-corrected chi connectivity index (χ0v) is 10.4. The molecule has 0 aromatic carbocycles. The van der Waals surface area contributed by atoms with Crippen LogP contribution < -0.4 is 5.73 Å². The average Bonchev–Trinajstić information content (AvgIpc) is 3.07. The van der Waals surface area contributed by atoms with Crippen LogP contribution in [0.15, 0.2) is 4.99 Å². The fraction of sp³-hybridized carbons (Fsp3) is 0.833. The molecule has 1 unspecified atom stereocenters. The lowest BCUT2D eigenvalue weighted by Crippen LogP contribution is -2.48. The maximum atomic E-state index is 8.73. The zero-order chi connectivity index (χ0) is 12.3. The first-order chi connectivity index (χ1) is 8.15. The fourth-order valence-corrected chi connectivity index (χ4v) is 2.11. The second-order valence-corrected chi connectivity index (χ2v) is 5.14. The molecule has 1 aliphatic carbocycles. The van der Waals surface area contributed by atoms with Gasteiger partial charge in [-0.15, -0.1) is 0 Å². The number of nitriles is 1. The number of hydrogen-bond acceptors (Lipinski definition) is 3. The number of ether oxygens (including phenoxy) is 1. The van der Waals surface area contributed by atoms with Crippen LogP contribution in [-0.2, 0) is 4.74 Å². The molecule has 0 bridgehead atoms. The Kier molecular flexibility index (Phi) is 3.53. The topological polar surface area (TPSA) is 74.6 Å². The van der Waals surface area contributed by atoms with Crippen LogP contribution in [0.1, 0.15) is 26.2 Å². The summed E-state index contributed by atoms with van der Waals surface area (Å²) in [7, 11) is 0. The van der Waals surface area contributed by atoms with Gasteiger partial charge < -0.3 is 15.4 Å². The number of rotatable bonds is 3. The molecule has 0 amide bonds. The van der Waals surface area contributed by atoms with Crippen molar-refractivity contribution in [2.75, 3.05) is 26.2 Å². The summed E-state index contributed by atoms with van der Waals surface area (Å²) in [4.78, 5) is 6.51. The SMILES string of the molecule is CC1CN(C(N)=NCC2(CC#N)CC2)CCO1. The van der Waals surface area contributed by atoms with E-state index in [-0.39, 0.29) is 11.5 Å². The molecule has 94 valence electrons. The van der Waals surface area contributed by atoms with Gasteiger partial charge in [-0.05, 0) is 19.8 Å². The third kappa shape index (κ3) is 3.10. The summed E-state index contributed by atoms with van der Waals surface area (Å²) >= 11 is 0. The molecule has 0 aromatic rings. The van der Waals surface area contributed by atoms with Crippen molar-refractivity contribution in [1.29, 1.82) is 5.26 Å². The van der Waals surface area contributed by atoms with Gasteiger partial charge in [0, 0.05) is 31.5 Å². The van der Waals surface area contributed by atoms with Crippen molar-refractivity contribution >= 4 is 5.96 Å². The molecule has 0 radical (unpaired) electrons. The molecule has 2 fully saturated rings. The highest BCUT2D eigenvalue weighted by Gasteiger charge is 2.42. The van der Waals surface area contributed by atoms with Gasteiger partial charge in [0.1, 0.15) is 0 Å². The summed E-state index contributed by atoms with van der Waals surface area (Å²) < 4.78 is 5.46. The van der Waals surface area contributed by atoms with Crippen molar-refractivity contribution in [2.45, 2.75) is 32.3 Å². The number of hydrogen-bond donors (Lipinski definition) is 1. The first kappa shape index (κ1) is 12.2. The summed E-state index contributed by atoms with van der Waals surface area (Å²) in [6.07, 6.45) is 3.03. The Morgan fingerprint density at radius 3 is 3.00 bits per heavy atom. The highest BCUT2D eigenvalue weighted by molar-refractivity contribution is 5.78. The minimum atomic E-state index is 0.136. The molecular formula is C12H20N4O. The molecule has 17 heavy (non-hydrogen) atoms. The standard InChI is InChI=1S/C12H20N4O/c1-10-8-16(6-7-17-10)11(14)15-9-12(2-3-12)4-5-13/h10H,2-4,6-9H2,1H3,(H2,14,15). The smallest absolute Gasteiger partial charge is 0.191 e. The Bertz CT molecular complexity index is 343. The quantitative estimate of drug-likeness (QED) is 0.578. The van der Waals surface area contributed by atoms with Crippen LogP contribution in [0.25, 0.3) is 0 Å². The minimum absolute atomic E-state index is 0.136. The molecule has 5 nitrogen and oxygen atoms in total. The van der Waals surface area contributed by atoms with Crippen LogP contribution in [0, 0.1) is 16.7 Å². The second-order valence-electron chi connectivity index (χ2n) is 5.14. The van der Waals surface area contributed by atoms with E-state index in [0.29, 0.717) is 25.5 Å². The van der Waals surface area contributed by atoms with Crippen molar-refractivity contribution in [2.24, 2.45) is 16.1 Å². The predicted molar refractivity (Wildman–Crippen MR) is 65.4 cm³/mol. The van der Waals surface area contributed by atoms with E-state index in [1.54, 1.807) is 0 Å². The van der Waals surface area contributed by atoms with Gasteiger partial charge in [0.15, 0.2) is 5.96 Å². The van der Waals surface area contributed by atoms with Crippen LogP contribution >= 0.6 is 0 Å². The molecule has 1 aliphatic heterocycles. The summed E-state index contributed by atoms with van der Waals surface area (Å²) in [5, 5.41) is 8.73. The van der Waals surface area contributed by atoms with Gasteiger partial charge in [-0.3, -0.25) is 4.99 Å². The molecule has 2 rings (SSSR count). The molecule has 1 atom stereocenters. The lowest BCUT2D eigenvalue weighted by molar-refractivity contribution is 0.00527. The highest BCUT2D eigenvalue weighted by atomic mass is 16.5. The van der Waals surface area contributed by atoms with Gasteiger partial charge in [-0.2, -0.15) is 5.26 Å². The van der Waals surface area contributed by atoms with Gasteiger partial charge in [0.05, 0.1) is 18.8 Å². The number of aliphatic imine (C=N–C) groups is 1. The average molecular weight is 236 g/mol. The maximum Gasteiger partial charge on any atom is 0.191 e. The van der Waals surface area contributed by atoms with Crippen LogP contribution in [0.4, 0.5) is 0 Å². The number of morpholine rings is 1. The monoisotopic (exact) mass is 236 g/mol. The van der Waals surface area contributed by atoms with E-state index in [0.717, 1.165) is 25.9 Å². The maximum absolute atomic E-state index is 8.73. The lowest BCUT2D eigenvalue weighted by atomic mass is 10.0. The van der Waals surface area contributed by atoms with Crippen LogP contribution in [0.3, 0.4) is 0 Å². The van der Waals surface area contributed by atoms with Crippen LogP contribution in [0.5, 0.6) is 0 Å². The van der Waals surface area contributed by atoms with Crippen molar-refractivity contribution < 1.29 is 4.74 Å². The Morgan fingerprint density at radius 2 is 2.41 bits per heavy atom. The molecule has 5 heteroatoms. The third-order valence-electron chi connectivity index (χ3n) is 3.55. The fourth-order valence-electron chi connectivity index (χ4n) is 2.11. The second kappa shape index (κ2) is 4.92. The molecule has 0 spiro atoms. The molecule has 0 aromatic heterocycles. The van der Waals surface area contributed by atoms with Crippen LogP contribution in [-0.4, -0.2) is 43.2 Å². The number of nitrogens with zero attached hydrogens (tertiary/aromatic N) is 3. The molecule has 1 saturated carbocycles. The Labute approximate surface area is 102 Å². The van der Waals surface area contributed by atoms with E-state index in [2.05, 4.69) is 16.0 Å². The van der Waals surface area contributed by atoms with Crippen molar-refractivity contribution in [3.8, 4) is 6.07 Å². The Hall–Kier alpha value is -1.28. The van der Waals surface area contributed by atoms with Crippen molar-refractivity contribution in [1.82, 2.24) is 4.90 Å². The molecule has 2 aliphatic rings. The highest BCUT2D eigenvalue weighted by Crippen LogP contribution is 2.48. The molecule has 1 saturated heterocycles. The summed E-state index contributed by atoms with van der Waals surface area (Å²) in [6, 6.07) is 2.24.